The van der Waals surface area contributed by atoms with Crippen LogP contribution < -0.4 is 5.32 Å². The van der Waals surface area contributed by atoms with Gasteiger partial charge in [-0.05, 0) is 56.3 Å². The summed E-state index contributed by atoms with van der Waals surface area (Å²) in [7, 11) is 0. The highest BCUT2D eigenvalue weighted by molar-refractivity contribution is 4.96. The van der Waals surface area contributed by atoms with Gasteiger partial charge >= 0.3 is 0 Å². The fourth-order valence-electron chi connectivity index (χ4n) is 3.88. The summed E-state index contributed by atoms with van der Waals surface area (Å²) in [6.07, 6.45) is 8.96. The van der Waals surface area contributed by atoms with Crippen LogP contribution in [0.5, 0.6) is 0 Å². The molecule has 1 saturated heterocycles. The lowest BCUT2D eigenvalue weighted by Gasteiger charge is -2.35. The van der Waals surface area contributed by atoms with Crippen molar-refractivity contribution in [3.05, 3.63) is 0 Å². The highest BCUT2D eigenvalue weighted by atomic mass is 15.3. The molecule has 3 nitrogen and oxygen atoms in total. The third-order valence-corrected chi connectivity index (χ3v) is 5.75. The Morgan fingerprint density at radius 1 is 0.800 bits per heavy atom. The minimum atomic E-state index is 0.881. The third kappa shape index (κ3) is 3.75. The van der Waals surface area contributed by atoms with Gasteiger partial charge in [0.05, 0.1) is 0 Å². The van der Waals surface area contributed by atoms with Crippen LogP contribution in [-0.2, 0) is 0 Å². The van der Waals surface area contributed by atoms with Gasteiger partial charge in [-0.25, -0.2) is 0 Å². The Morgan fingerprint density at radius 3 is 1.95 bits per heavy atom. The van der Waals surface area contributed by atoms with E-state index in [0.717, 1.165) is 23.8 Å². The highest BCUT2D eigenvalue weighted by Crippen LogP contribution is 2.44. The van der Waals surface area contributed by atoms with Gasteiger partial charge in [0.1, 0.15) is 0 Å². The molecule has 0 bridgehead atoms. The maximum atomic E-state index is 3.89. The monoisotopic (exact) mass is 277 g/mol. The van der Waals surface area contributed by atoms with Gasteiger partial charge < -0.3 is 10.2 Å². The first-order valence-electron chi connectivity index (χ1n) is 9.06. The zero-order valence-electron chi connectivity index (χ0n) is 12.9. The summed E-state index contributed by atoms with van der Waals surface area (Å²) >= 11 is 0. The normalized spacial score (nSPS) is 29.2. The zero-order valence-corrected chi connectivity index (χ0v) is 12.9. The molecule has 3 saturated carbocycles. The lowest BCUT2D eigenvalue weighted by molar-refractivity contribution is 0.127. The molecule has 4 aliphatic rings. The van der Waals surface area contributed by atoms with Crippen molar-refractivity contribution in [2.75, 3.05) is 45.8 Å². The van der Waals surface area contributed by atoms with E-state index in [1.54, 1.807) is 0 Å². The second-order valence-corrected chi connectivity index (χ2v) is 7.74. The van der Waals surface area contributed by atoms with Crippen LogP contribution >= 0.6 is 0 Å². The maximum Gasteiger partial charge on any atom is 0.0124 e. The highest BCUT2D eigenvalue weighted by Gasteiger charge is 2.40. The Labute approximate surface area is 124 Å². The van der Waals surface area contributed by atoms with Crippen LogP contribution in [0.4, 0.5) is 0 Å². The number of piperazine rings is 1. The van der Waals surface area contributed by atoms with Crippen molar-refractivity contribution in [3.8, 4) is 0 Å². The Morgan fingerprint density at radius 2 is 1.40 bits per heavy atom. The van der Waals surface area contributed by atoms with Gasteiger partial charge in [0.2, 0.25) is 0 Å². The molecule has 0 aromatic rings. The van der Waals surface area contributed by atoms with E-state index in [-0.39, 0.29) is 0 Å². The third-order valence-electron chi connectivity index (χ3n) is 5.75. The molecule has 0 amide bonds. The average Bonchev–Trinajstić information content (AvgIpc) is 3.30. The Bertz CT molecular complexity index is 300. The number of rotatable bonds is 8. The van der Waals surface area contributed by atoms with E-state index in [1.165, 1.54) is 84.3 Å². The van der Waals surface area contributed by atoms with Gasteiger partial charge in [-0.2, -0.15) is 0 Å². The molecule has 0 radical (unpaired) electrons. The molecule has 1 aliphatic heterocycles. The summed E-state index contributed by atoms with van der Waals surface area (Å²) in [4.78, 5) is 5.37. The molecule has 1 heterocycles. The molecule has 0 unspecified atom stereocenters. The summed E-state index contributed by atoms with van der Waals surface area (Å²) in [6, 6.07) is 0.881. The van der Waals surface area contributed by atoms with Crippen molar-refractivity contribution in [3.63, 3.8) is 0 Å². The molecule has 0 spiro atoms. The van der Waals surface area contributed by atoms with Crippen LogP contribution in [0.2, 0.25) is 0 Å². The summed E-state index contributed by atoms with van der Waals surface area (Å²) < 4.78 is 0. The first-order valence-corrected chi connectivity index (χ1v) is 9.06. The molecule has 0 aromatic heterocycles. The minimum absolute atomic E-state index is 0.881. The minimum Gasteiger partial charge on any atom is -0.312 e. The van der Waals surface area contributed by atoms with E-state index in [9.17, 15) is 0 Å². The van der Waals surface area contributed by atoms with E-state index in [2.05, 4.69) is 15.1 Å². The Kier molecular flexibility index (Phi) is 4.02. The van der Waals surface area contributed by atoms with Crippen LogP contribution in [0.25, 0.3) is 0 Å². The second-order valence-electron chi connectivity index (χ2n) is 7.74. The summed E-state index contributed by atoms with van der Waals surface area (Å²) in [5, 5.41) is 3.89. The summed E-state index contributed by atoms with van der Waals surface area (Å²) in [6.45, 7) is 9.10. The van der Waals surface area contributed by atoms with Crippen LogP contribution in [0, 0.1) is 17.8 Å². The number of nitrogens with one attached hydrogen (secondary N) is 1. The molecule has 3 aliphatic carbocycles. The van der Waals surface area contributed by atoms with Crippen molar-refractivity contribution in [2.45, 2.75) is 44.6 Å². The van der Waals surface area contributed by atoms with Gasteiger partial charge in [-0.3, -0.25) is 4.90 Å². The van der Waals surface area contributed by atoms with Gasteiger partial charge in [0.25, 0.3) is 0 Å². The fourth-order valence-corrected chi connectivity index (χ4v) is 3.88. The molecular weight excluding hydrogens is 246 g/mol. The SMILES string of the molecule is C(CN1CCN(CC2CC2)CC1)NC(C1CC1)C1CC1. The summed E-state index contributed by atoms with van der Waals surface area (Å²) in [5.74, 6) is 3.14. The second kappa shape index (κ2) is 5.94. The largest absolute Gasteiger partial charge is 0.312 e. The molecule has 0 aromatic carbocycles. The Hall–Kier alpha value is -0.120. The molecule has 1 N–H and O–H groups in total. The van der Waals surface area contributed by atoms with Gasteiger partial charge in [0.15, 0.2) is 0 Å². The lowest BCUT2D eigenvalue weighted by atomic mass is 10.1. The molecule has 114 valence electrons. The molecule has 20 heavy (non-hydrogen) atoms. The van der Waals surface area contributed by atoms with Crippen molar-refractivity contribution in [1.82, 2.24) is 15.1 Å². The van der Waals surface area contributed by atoms with Crippen molar-refractivity contribution in [2.24, 2.45) is 17.8 Å². The number of hydrogen-bond acceptors (Lipinski definition) is 3. The standard InChI is InChI=1S/C17H31N3/c1-2-14(1)13-20-11-9-19(10-12-20)8-7-18-17(15-3-4-15)16-5-6-16/h14-18H,1-13H2. The van der Waals surface area contributed by atoms with E-state index < -0.39 is 0 Å². The molecular formula is C17H31N3. The molecule has 4 fully saturated rings. The number of nitrogens with zero attached hydrogens (tertiary/aromatic N) is 2. The average molecular weight is 277 g/mol. The van der Waals surface area contributed by atoms with Crippen LogP contribution in [0.3, 0.4) is 0 Å². The zero-order chi connectivity index (χ0) is 13.4. The van der Waals surface area contributed by atoms with E-state index in [1.807, 2.05) is 0 Å². The smallest absolute Gasteiger partial charge is 0.0124 e. The molecule has 0 atom stereocenters. The maximum absolute atomic E-state index is 3.89. The first-order chi connectivity index (χ1) is 9.88. The van der Waals surface area contributed by atoms with Crippen molar-refractivity contribution >= 4 is 0 Å². The predicted molar refractivity (Wildman–Crippen MR) is 82.8 cm³/mol. The van der Waals surface area contributed by atoms with Crippen LogP contribution in [-0.4, -0.2) is 61.7 Å². The van der Waals surface area contributed by atoms with Crippen LogP contribution in [0.1, 0.15) is 38.5 Å². The lowest BCUT2D eigenvalue weighted by Crippen LogP contribution is -2.49. The molecule has 3 heteroatoms. The fraction of sp³-hybridized carbons (Fsp3) is 1.00. The van der Waals surface area contributed by atoms with E-state index in [4.69, 9.17) is 0 Å². The number of hydrogen-bond donors (Lipinski definition) is 1. The molecule has 4 rings (SSSR count). The van der Waals surface area contributed by atoms with Crippen LogP contribution in [0.15, 0.2) is 0 Å². The van der Waals surface area contributed by atoms with Crippen molar-refractivity contribution in [1.29, 1.82) is 0 Å². The van der Waals surface area contributed by atoms with E-state index in [0.29, 0.717) is 0 Å². The first kappa shape index (κ1) is 13.5. The topological polar surface area (TPSA) is 18.5 Å². The van der Waals surface area contributed by atoms with E-state index >= 15 is 0 Å². The van der Waals surface area contributed by atoms with Gasteiger partial charge in [-0.1, -0.05) is 0 Å². The predicted octanol–water partition coefficient (Wildman–Crippen LogP) is 1.79. The van der Waals surface area contributed by atoms with Gasteiger partial charge in [-0.15, -0.1) is 0 Å². The summed E-state index contributed by atoms with van der Waals surface area (Å²) in [5.41, 5.74) is 0. The quantitative estimate of drug-likeness (QED) is 0.730. The Balaban J connectivity index is 1.12. The van der Waals surface area contributed by atoms with Gasteiger partial charge in [0, 0.05) is 51.9 Å². The van der Waals surface area contributed by atoms with Crippen molar-refractivity contribution < 1.29 is 0 Å².